The number of carboxylic acid groups (broad SMARTS) is 1. The van der Waals surface area contributed by atoms with Gasteiger partial charge in [-0.2, -0.15) is 0 Å². The van der Waals surface area contributed by atoms with Crippen LogP contribution in [0.1, 0.15) is 49.3 Å². The summed E-state index contributed by atoms with van der Waals surface area (Å²) in [5.74, 6) is -0.939. The molecule has 0 aliphatic heterocycles. The van der Waals surface area contributed by atoms with Gasteiger partial charge in [-0.05, 0) is 51.6 Å². The molecule has 21 heavy (non-hydrogen) atoms. The van der Waals surface area contributed by atoms with E-state index in [1.54, 1.807) is 18.2 Å². The van der Waals surface area contributed by atoms with E-state index in [2.05, 4.69) is 11.4 Å². The Morgan fingerprint density at radius 1 is 1.38 bits per heavy atom. The van der Waals surface area contributed by atoms with Gasteiger partial charge in [-0.25, -0.2) is 0 Å². The number of rotatable bonds is 6. The van der Waals surface area contributed by atoms with Crippen molar-refractivity contribution in [2.75, 3.05) is 6.54 Å². The Kier molecular flexibility index (Phi) is 5.39. The SMILES string of the molecule is Cc1ccc(O)c(C(NCCC2=CCCCC2)C(=O)O)c1. The lowest BCUT2D eigenvalue weighted by Gasteiger charge is -2.18. The minimum absolute atomic E-state index is 0.0254. The monoisotopic (exact) mass is 289 g/mol. The first-order valence-electron chi connectivity index (χ1n) is 7.51. The normalized spacial score (nSPS) is 16.3. The molecule has 0 radical (unpaired) electrons. The molecule has 1 unspecified atom stereocenters. The van der Waals surface area contributed by atoms with E-state index in [9.17, 15) is 15.0 Å². The summed E-state index contributed by atoms with van der Waals surface area (Å²) in [6.07, 6.45) is 7.88. The van der Waals surface area contributed by atoms with Crippen molar-refractivity contribution in [3.63, 3.8) is 0 Å². The van der Waals surface area contributed by atoms with Gasteiger partial charge in [0.25, 0.3) is 0 Å². The van der Waals surface area contributed by atoms with Gasteiger partial charge in [-0.1, -0.05) is 29.3 Å². The van der Waals surface area contributed by atoms with E-state index in [0.29, 0.717) is 12.1 Å². The molecule has 114 valence electrons. The zero-order valence-corrected chi connectivity index (χ0v) is 12.4. The maximum Gasteiger partial charge on any atom is 0.325 e. The van der Waals surface area contributed by atoms with Crippen molar-refractivity contribution in [3.8, 4) is 5.75 Å². The van der Waals surface area contributed by atoms with Crippen molar-refractivity contribution in [2.24, 2.45) is 0 Å². The van der Waals surface area contributed by atoms with Crippen molar-refractivity contribution >= 4 is 5.97 Å². The maximum atomic E-state index is 11.5. The molecule has 2 rings (SSSR count). The topological polar surface area (TPSA) is 69.6 Å². The van der Waals surface area contributed by atoms with Gasteiger partial charge in [0.2, 0.25) is 0 Å². The minimum atomic E-state index is -0.964. The van der Waals surface area contributed by atoms with Crippen LogP contribution in [0.25, 0.3) is 0 Å². The smallest absolute Gasteiger partial charge is 0.325 e. The van der Waals surface area contributed by atoms with Gasteiger partial charge in [0, 0.05) is 5.56 Å². The average molecular weight is 289 g/mol. The molecule has 0 amide bonds. The number of aromatic hydroxyl groups is 1. The molecule has 0 saturated heterocycles. The quantitative estimate of drug-likeness (QED) is 0.703. The third kappa shape index (κ3) is 4.33. The third-order valence-electron chi connectivity index (χ3n) is 3.92. The molecule has 4 heteroatoms. The number of hydrogen-bond donors (Lipinski definition) is 3. The Hall–Kier alpha value is -1.81. The number of phenols is 1. The van der Waals surface area contributed by atoms with Gasteiger partial charge in [0.15, 0.2) is 0 Å². The molecule has 1 aromatic carbocycles. The number of benzene rings is 1. The van der Waals surface area contributed by atoms with Crippen LogP contribution in [0.3, 0.4) is 0 Å². The van der Waals surface area contributed by atoms with E-state index in [-0.39, 0.29) is 5.75 Å². The maximum absolute atomic E-state index is 11.5. The van der Waals surface area contributed by atoms with Crippen LogP contribution in [-0.4, -0.2) is 22.7 Å². The van der Waals surface area contributed by atoms with E-state index >= 15 is 0 Å². The summed E-state index contributed by atoms with van der Waals surface area (Å²) in [5, 5.41) is 22.3. The Balaban J connectivity index is 2.00. The van der Waals surface area contributed by atoms with Crippen molar-refractivity contribution in [3.05, 3.63) is 41.0 Å². The summed E-state index contributed by atoms with van der Waals surface area (Å²) < 4.78 is 0. The highest BCUT2D eigenvalue weighted by atomic mass is 16.4. The zero-order chi connectivity index (χ0) is 15.2. The molecule has 0 saturated carbocycles. The lowest BCUT2D eigenvalue weighted by Crippen LogP contribution is -2.29. The van der Waals surface area contributed by atoms with Gasteiger partial charge in [0.1, 0.15) is 11.8 Å². The molecule has 0 heterocycles. The van der Waals surface area contributed by atoms with Crippen molar-refractivity contribution in [2.45, 2.75) is 45.1 Å². The van der Waals surface area contributed by atoms with E-state index in [1.165, 1.54) is 18.4 Å². The molecule has 1 atom stereocenters. The number of aryl methyl sites for hydroxylation is 1. The molecule has 3 N–H and O–H groups in total. The summed E-state index contributed by atoms with van der Waals surface area (Å²) in [7, 11) is 0. The van der Waals surface area contributed by atoms with E-state index in [4.69, 9.17) is 0 Å². The van der Waals surface area contributed by atoms with Gasteiger partial charge in [-0.3, -0.25) is 4.79 Å². The zero-order valence-electron chi connectivity index (χ0n) is 12.4. The predicted molar refractivity (Wildman–Crippen MR) is 82.4 cm³/mol. The molecular formula is C17H23NO3. The van der Waals surface area contributed by atoms with Gasteiger partial charge < -0.3 is 15.5 Å². The van der Waals surface area contributed by atoms with E-state index < -0.39 is 12.0 Å². The molecule has 1 aliphatic rings. The van der Waals surface area contributed by atoms with Crippen LogP contribution in [0, 0.1) is 6.92 Å². The fourth-order valence-corrected chi connectivity index (χ4v) is 2.74. The highest BCUT2D eigenvalue weighted by Crippen LogP contribution is 2.26. The van der Waals surface area contributed by atoms with E-state index in [1.807, 2.05) is 6.92 Å². The second-order valence-corrected chi connectivity index (χ2v) is 5.65. The molecule has 4 nitrogen and oxygen atoms in total. The number of allylic oxidation sites excluding steroid dienone is 1. The van der Waals surface area contributed by atoms with Crippen LogP contribution < -0.4 is 5.32 Å². The van der Waals surface area contributed by atoms with Gasteiger partial charge in [-0.15, -0.1) is 0 Å². The Morgan fingerprint density at radius 3 is 2.86 bits per heavy atom. The number of carbonyl (C=O) groups is 1. The van der Waals surface area contributed by atoms with Crippen LogP contribution in [0.4, 0.5) is 0 Å². The van der Waals surface area contributed by atoms with Crippen molar-refractivity contribution in [1.82, 2.24) is 5.32 Å². The van der Waals surface area contributed by atoms with Crippen LogP contribution in [0.15, 0.2) is 29.8 Å². The van der Waals surface area contributed by atoms with Gasteiger partial charge >= 0.3 is 5.97 Å². The van der Waals surface area contributed by atoms with Crippen LogP contribution in [0.2, 0.25) is 0 Å². The largest absolute Gasteiger partial charge is 0.508 e. The summed E-state index contributed by atoms with van der Waals surface area (Å²) in [5.41, 5.74) is 2.78. The Labute approximate surface area is 125 Å². The second-order valence-electron chi connectivity index (χ2n) is 5.65. The van der Waals surface area contributed by atoms with Gasteiger partial charge in [0.05, 0.1) is 0 Å². The first kappa shape index (κ1) is 15.6. The van der Waals surface area contributed by atoms with Crippen LogP contribution in [0.5, 0.6) is 5.75 Å². The standard InChI is InChI=1S/C17H23NO3/c1-12-7-8-15(19)14(11-12)16(17(20)21)18-10-9-13-5-3-2-4-6-13/h5,7-8,11,16,18-19H,2-4,6,9-10H2,1H3,(H,20,21). The first-order valence-corrected chi connectivity index (χ1v) is 7.51. The number of phenolic OH excluding ortho intramolecular Hbond substituents is 1. The Bertz CT molecular complexity index is 537. The first-order chi connectivity index (χ1) is 10.1. The fourth-order valence-electron chi connectivity index (χ4n) is 2.74. The summed E-state index contributed by atoms with van der Waals surface area (Å²) in [4.78, 5) is 11.5. The third-order valence-corrected chi connectivity index (χ3v) is 3.92. The number of hydrogen-bond acceptors (Lipinski definition) is 3. The second kappa shape index (κ2) is 7.27. The molecule has 0 aromatic heterocycles. The molecule has 1 aromatic rings. The Morgan fingerprint density at radius 2 is 2.19 bits per heavy atom. The molecule has 0 bridgehead atoms. The molecule has 0 fully saturated rings. The minimum Gasteiger partial charge on any atom is -0.508 e. The summed E-state index contributed by atoms with van der Waals surface area (Å²) in [6.45, 7) is 2.49. The highest BCUT2D eigenvalue weighted by molar-refractivity contribution is 5.76. The summed E-state index contributed by atoms with van der Waals surface area (Å²) in [6, 6.07) is 4.17. The molecule has 1 aliphatic carbocycles. The number of nitrogens with one attached hydrogen (secondary N) is 1. The molecular weight excluding hydrogens is 266 g/mol. The van der Waals surface area contributed by atoms with E-state index in [0.717, 1.165) is 24.8 Å². The fraction of sp³-hybridized carbons (Fsp3) is 0.471. The van der Waals surface area contributed by atoms with Crippen molar-refractivity contribution in [1.29, 1.82) is 0 Å². The predicted octanol–water partition coefficient (Wildman–Crippen LogP) is 3.31. The number of aliphatic carboxylic acids is 1. The molecule has 0 spiro atoms. The van der Waals surface area contributed by atoms with Crippen LogP contribution >= 0.6 is 0 Å². The number of carboxylic acids is 1. The lowest BCUT2D eigenvalue weighted by atomic mass is 9.97. The van der Waals surface area contributed by atoms with Crippen molar-refractivity contribution < 1.29 is 15.0 Å². The van der Waals surface area contributed by atoms with Crippen LogP contribution in [-0.2, 0) is 4.79 Å². The average Bonchev–Trinajstić information content (AvgIpc) is 2.47. The lowest BCUT2D eigenvalue weighted by molar-refractivity contribution is -0.139. The summed E-state index contributed by atoms with van der Waals surface area (Å²) >= 11 is 0. The highest BCUT2D eigenvalue weighted by Gasteiger charge is 2.22.